The molecule has 2 aromatic rings. The molecule has 0 unspecified atom stereocenters. The Morgan fingerprint density at radius 3 is 2.55 bits per heavy atom. The van der Waals surface area contributed by atoms with Crippen LogP contribution in [0.4, 0.5) is 10.1 Å². The number of sulfonamides is 1. The first kappa shape index (κ1) is 20.3. The Bertz CT molecular complexity index is 1050. The largest absolute Gasteiger partial charge is 0.323 e. The molecule has 0 bridgehead atoms. The number of hydrogen-bond acceptors (Lipinski definition) is 3. The van der Waals surface area contributed by atoms with Crippen LogP contribution in [0.3, 0.4) is 0 Å². The maximum absolute atomic E-state index is 13.8. The number of carbonyl (C=O) groups excluding carboxylic acids is 1. The lowest BCUT2D eigenvalue weighted by Gasteiger charge is -2.30. The number of nitrogens with one attached hydrogen (secondary N) is 1. The van der Waals surface area contributed by atoms with Crippen LogP contribution in [-0.2, 0) is 27.7 Å². The van der Waals surface area contributed by atoms with Crippen LogP contribution in [0, 0.1) is 11.7 Å². The first-order valence-electron chi connectivity index (χ1n) is 9.72. The SMILES string of the molecule is O=C(Nc1cc(Cl)ccc1F)C1CCN(S(=O)(=O)c2ccc3c(c2)CCC3)CC1. The van der Waals surface area contributed by atoms with Crippen LogP contribution in [0.2, 0.25) is 5.02 Å². The van der Waals surface area contributed by atoms with Crippen LogP contribution in [0.25, 0.3) is 0 Å². The highest BCUT2D eigenvalue weighted by Gasteiger charge is 2.32. The second kappa shape index (κ2) is 8.05. The fourth-order valence-electron chi connectivity index (χ4n) is 4.04. The van der Waals surface area contributed by atoms with Crippen LogP contribution in [-0.4, -0.2) is 31.7 Å². The van der Waals surface area contributed by atoms with Gasteiger partial charge in [-0.05, 0) is 73.6 Å². The Morgan fingerprint density at radius 1 is 1.07 bits per heavy atom. The van der Waals surface area contributed by atoms with Crippen molar-refractivity contribution in [3.8, 4) is 0 Å². The minimum atomic E-state index is -3.58. The molecule has 1 amide bonds. The minimum Gasteiger partial charge on any atom is -0.323 e. The predicted octanol–water partition coefficient (Wildman–Crippen LogP) is 4.01. The third kappa shape index (κ3) is 4.17. The molecule has 4 rings (SSSR count). The van der Waals surface area contributed by atoms with Gasteiger partial charge in [0.15, 0.2) is 0 Å². The summed E-state index contributed by atoms with van der Waals surface area (Å²) in [4.78, 5) is 12.8. The molecular formula is C21H22ClFN2O3S. The Hall–Kier alpha value is -1.96. The Labute approximate surface area is 174 Å². The fourth-order valence-corrected chi connectivity index (χ4v) is 5.74. The van der Waals surface area contributed by atoms with Crippen molar-refractivity contribution in [3.63, 3.8) is 0 Å². The monoisotopic (exact) mass is 436 g/mol. The van der Waals surface area contributed by atoms with E-state index in [2.05, 4.69) is 5.32 Å². The highest BCUT2D eigenvalue weighted by atomic mass is 35.5. The number of amides is 1. The first-order chi connectivity index (χ1) is 13.8. The Balaban J connectivity index is 1.41. The molecule has 29 heavy (non-hydrogen) atoms. The summed E-state index contributed by atoms with van der Waals surface area (Å²) >= 11 is 5.86. The number of fused-ring (bicyclic) bond motifs is 1. The molecule has 154 valence electrons. The standard InChI is InChI=1S/C21H22ClFN2O3S/c22-17-5-7-19(23)20(13-17)24-21(26)15-8-10-25(11-9-15)29(27,28)18-6-4-14-2-1-3-16(14)12-18/h4-7,12-13,15H,1-3,8-11H2,(H,24,26). The van der Waals surface area contributed by atoms with Crippen molar-refractivity contribution >= 4 is 33.2 Å². The van der Waals surface area contributed by atoms with Crippen LogP contribution < -0.4 is 5.32 Å². The zero-order valence-electron chi connectivity index (χ0n) is 15.8. The zero-order chi connectivity index (χ0) is 20.6. The van der Waals surface area contributed by atoms with Gasteiger partial charge in [-0.1, -0.05) is 17.7 Å². The molecule has 0 saturated carbocycles. The number of aryl methyl sites for hydroxylation is 2. The molecule has 1 saturated heterocycles. The smallest absolute Gasteiger partial charge is 0.243 e. The van der Waals surface area contributed by atoms with Crippen molar-refractivity contribution in [1.29, 1.82) is 0 Å². The molecule has 1 aliphatic carbocycles. The Kier molecular flexibility index (Phi) is 5.64. The van der Waals surface area contributed by atoms with Gasteiger partial charge in [-0.25, -0.2) is 12.8 Å². The maximum Gasteiger partial charge on any atom is 0.243 e. The molecule has 0 spiro atoms. The summed E-state index contributed by atoms with van der Waals surface area (Å²) in [5, 5.41) is 2.90. The van der Waals surface area contributed by atoms with E-state index in [1.165, 1.54) is 28.1 Å². The number of benzene rings is 2. The van der Waals surface area contributed by atoms with E-state index in [0.29, 0.717) is 22.8 Å². The molecule has 1 heterocycles. The molecule has 5 nitrogen and oxygen atoms in total. The normalized spacial score (nSPS) is 17.9. The van der Waals surface area contributed by atoms with Gasteiger partial charge in [0.05, 0.1) is 10.6 Å². The molecule has 0 atom stereocenters. The summed E-state index contributed by atoms with van der Waals surface area (Å²) in [5.74, 6) is -1.25. The van der Waals surface area contributed by atoms with E-state index in [1.54, 1.807) is 12.1 Å². The van der Waals surface area contributed by atoms with E-state index in [1.807, 2.05) is 6.07 Å². The van der Waals surface area contributed by atoms with Gasteiger partial charge in [0.25, 0.3) is 0 Å². The second-order valence-corrected chi connectivity index (χ2v) is 9.95. The molecule has 0 aromatic heterocycles. The molecule has 1 N–H and O–H groups in total. The van der Waals surface area contributed by atoms with Crippen molar-refractivity contribution in [1.82, 2.24) is 4.31 Å². The number of halogens is 2. The molecule has 8 heteroatoms. The lowest BCUT2D eigenvalue weighted by molar-refractivity contribution is -0.120. The number of piperidine rings is 1. The molecule has 1 aliphatic heterocycles. The van der Waals surface area contributed by atoms with E-state index in [-0.39, 0.29) is 30.6 Å². The average Bonchev–Trinajstić information content (AvgIpc) is 3.18. The maximum atomic E-state index is 13.8. The van der Waals surface area contributed by atoms with Crippen molar-refractivity contribution in [2.75, 3.05) is 18.4 Å². The van der Waals surface area contributed by atoms with E-state index < -0.39 is 15.8 Å². The number of nitrogens with zero attached hydrogens (tertiary/aromatic N) is 1. The molecule has 1 fully saturated rings. The highest BCUT2D eigenvalue weighted by Crippen LogP contribution is 2.29. The summed E-state index contributed by atoms with van der Waals surface area (Å²) in [6.07, 6.45) is 3.76. The van der Waals surface area contributed by atoms with Crippen LogP contribution in [0.15, 0.2) is 41.3 Å². The van der Waals surface area contributed by atoms with Crippen molar-refractivity contribution < 1.29 is 17.6 Å². The lowest BCUT2D eigenvalue weighted by Crippen LogP contribution is -2.41. The van der Waals surface area contributed by atoms with Gasteiger partial charge in [-0.3, -0.25) is 4.79 Å². The number of carbonyl (C=O) groups is 1. The summed E-state index contributed by atoms with van der Waals surface area (Å²) in [7, 11) is -3.58. The van der Waals surface area contributed by atoms with Gasteiger partial charge in [0.2, 0.25) is 15.9 Å². The summed E-state index contributed by atoms with van der Waals surface area (Å²) in [5.41, 5.74) is 2.38. The fraction of sp³-hybridized carbons (Fsp3) is 0.381. The predicted molar refractivity (Wildman–Crippen MR) is 110 cm³/mol. The third-order valence-corrected chi connectivity index (χ3v) is 7.85. The summed E-state index contributed by atoms with van der Waals surface area (Å²) < 4.78 is 41.3. The second-order valence-electron chi connectivity index (χ2n) is 7.58. The minimum absolute atomic E-state index is 0.0377. The Morgan fingerprint density at radius 2 is 1.79 bits per heavy atom. The number of hydrogen-bond donors (Lipinski definition) is 1. The zero-order valence-corrected chi connectivity index (χ0v) is 17.4. The number of anilines is 1. The highest BCUT2D eigenvalue weighted by molar-refractivity contribution is 7.89. The lowest BCUT2D eigenvalue weighted by atomic mass is 9.97. The van der Waals surface area contributed by atoms with Gasteiger partial charge in [0, 0.05) is 24.0 Å². The van der Waals surface area contributed by atoms with Crippen molar-refractivity contribution in [3.05, 3.63) is 58.4 Å². The van der Waals surface area contributed by atoms with Crippen molar-refractivity contribution in [2.24, 2.45) is 5.92 Å². The van der Waals surface area contributed by atoms with E-state index in [9.17, 15) is 17.6 Å². The number of rotatable bonds is 4. The molecular weight excluding hydrogens is 415 g/mol. The molecule has 2 aliphatic rings. The third-order valence-electron chi connectivity index (χ3n) is 5.72. The van der Waals surface area contributed by atoms with Crippen LogP contribution in [0.5, 0.6) is 0 Å². The average molecular weight is 437 g/mol. The summed E-state index contributed by atoms with van der Waals surface area (Å²) in [6, 6.07) is 9.36. The van der Waals surface area contributed by atoms with Gasteiger partial charge < -0.3 is 5.32 Å². The summed E-state index contributed by atoms with van der Waals surface area (Å²) in [6.45, 7) is 0.519. The quantitative estimate of drug-likeness (QED) is 0.787. The first-order valence-corrected chi connectivity index (χ1v) is 11.5. The topological polar surface area (TPSA) is 66.5 Å². The van der Waals surface area contributed by atoms with E-state index in [4.69, 9.17) is 11.6 Å². The van der Waals surface area contributed by atoms with E-state index >= 15 is 0 Å². The van der Waals surface area contributed by atoms with Gasteiger partial charge in [0.1, 0.15) is 5.82 Å². The van der Waals surface area contributed by atoms with Gasteiger partial charge in [-0.15, -0.1) is 0 Å². The van der Waals surface area contributed by atoms with E-state index in [0.717, 1.165) is 24.8 Å². The molecule has 0 radical (unpaired) electrons. The van der Waals surface area contributed by atoms with Crippen LogP contribution in [0.1, 0.15) is 30.4 Å². The molecule has 2 aromatic carbocycles. The van der Waals surface area contributed by atoms with Gasteiger partial charge in [-0.2, -0.15) is 4.31 Å². The van der Waals surface area contributed by atoms with Crippen LogP contribution >= 0.6 is 11.6 Å². The van der Waals surface area contributed by atoms with Crippen molar-refractivity contribution in [2.45, 2.75) is 37.0 Å². The van der Waals surface area contributed by atoms with Gasteiger partial charge >= 0.3 is 0 Å².